The van der Waals surface area contributed by atoms with Gasteiger partial charge in [0.2, 0.25) is 5.91 Å². The third kappa shape index (κ3) is 5.13. The normalized spacial score (nSPS) is 22.4. The Labute approximate surface area is 129 Å². The molecule has 19 heavy (non-hydrogen) atoms. The predicted octanol–water partition coefficient (Wildman–Crippen LogP) is 2.88. The van der Waals surface area contributed by atoms with E-state index in [1.807, 2.05) is 24.3 Å². The van der Waals surface area contributed by atoms with E-state index >= 15 is 0 Å². The quantitative estimate of drug-likeness (QED) is 0.883. The van der Waals surface area contributed by atoms with Crippen LogP contribution >= 0.6 is 28.3 Å². The second-order valence-corrected chi connectivity index (χ2v) is 5.84. The maximum Gasteiger partial charge on any atom is 0.223 e. The highest BCUT2D eigenvalue weighted by atomic mass is 79.9. The first kappa shape index (κ1) is 16.5. The largest absolute Gasteiger partial charge is 0.352 e. The summed E-state index contributed by atoms with van der Waals surface area (Å²) in [6.07, 6.45) is 1.88. The van der Waals surface area contributed by atoms with Crippen molar-refractivity contribution in [2.24, 2.45) is 5.92 Å². The van der Waals surface area contributed by atoms with Crippen molar-refractivity contribution in [3.05, 3.63) is 34.3 Å². The fourth-order valence-corrected chi connectivity index (χ4v) is 2.57. The van der Waals surface area contributed by atoms with E-state index in [0.29, 0.717) is 12.6 Å². The fourth-order valence-electron chi connectivity index (χ4n) is 2.31. The molecule has 0 spiro atoms. The van der Waals surface area contributed by atoms with Crippen molar-refractivity contribution >= 4 is 34.2 Å². The van der Waals surface area contributed by atoms with Gasteiger partial charge in [-0.1, -0.05) is 28.1 Å². The van der Waals surface area contributed by atoms with Gasteiger partial charge >= 0.3 is 0 Å². The van der Waals surface area contributed by atoms with Crippen molar-refractivity contribution in [3.8, 4) is 0 Å². The summed E-state index contributed by atoms with van der Waals surface area (Å²) in [6, 6.07) is 8.48. The number of carbonyl (C=O) groups excluding carboxylic acids is 1. The molecule has 2 N–H and O–H groups in total. The van der Waals surface area contributed by atoms with Crippen LogP contribution in [0.5, 0.6) is 0 Å². The average molecular weight is 348 g/mol. The van der Waals surface area contributed by atoms with E-state index in [1.165, 1.54) is 0 Å². The Hall–Kier alpha value is -0.580. The molecule has 1 fully saturated rings. The minimum atomic E-state index is 0. The minimum Gasteiger partial charge on any atom is -0.352 e. The van der Waals surface area contributed by atoms with E-state index in [0.717, 1.165) is 29.4 Å². The van der Waals surface area contributed by atoms with Gasteiger partial charge in [-0.2, -0.15) is 0 Å². The van der Waals surface area contributed by atoms with Gasteiger partial charge in [-0.25, -0.2) is 0 Å². The van der Waals surface area contributed by atoms with Gasteiger partial charge in [0.05, 0.1) is 0 Å². The molecule has 0 aliphatic carbocycles. The SMILES string of the molecule is C[C@H]1C[C@@H](C(=O)NCc2ccc(Br)cc2)CCN1.Cl. The van der Waals surface area contributed by atoms with Gasteiger partial charge in [-0.15, -0.1) is 12.4 Å². The summed E-state index contributed by atoms with van der Waals surface area (Å²) >= 11 is 3.40. The molecule has 1 heterocycles. The van der Waals surface area contributed by atoms with Gasteiger partial charge in [0.1, 0.15) is 0 Å². The van der Waals surface area contributed by atoms with E-state index in [9.17, 15) is 4.79 Å². The molecule has 2 atom stereocenters. The van der Waals surface area contributed by atoms with Crippen LogP contribution in [0.1, 0.15) is 25.3 Å². The molecule has 2 rings (SSSR count). The molecule has 0 bridgehead atoms. The first-order valence-electron chi connectivity index (χ1n) is 6.40. The Bertz CT molecular complexity index is 410. The summed E-state index contributed by atoms with van der Waals surface area (Å²) in [5, 5.41) is 6.39. The van der Waals surface area contributed by atoms with Gasteiger partial charge in [-0.05, 0) is 44.0 Å². The van der Waals surface area contributed by atoms with E-state index in [4.69, 9.17) is 0 Å². The Kier molecular flexibility index (Phi) is 6.83. The molecule has 1 aliphatic heterocycles. The summed E-state index contributed by atoms with van der Waals surface area (Å²) < 4.78 is 1.06. The Morgan fingerprint density at radius 3 is 2.74 bits per heavy atom. The molecule has 1 amide bonds. The minimum absolute atomic E-state index is 0. The summed E-state index contributed by atoms with van der Waals surface area (Å²) in [5.74, 6) is 0.350. The van der Waals surface area contributed by atoms with Gasteiger partial charge < -0.3 is 10.6 Å². The van der Waals surface area contributed by atoms with Crippen LogP contribution in [-0.2, 0) is 11.3 Å². The van der Waals surface area contributed by atoms with Gasteiger partial charge in [0.25, 0.3) is 0 Å². The van der Waals surface area contributed by atoms with Crippen LogP contribution in [0.25, 0.3) is 0 Å². The number of halogens is 2. The monoisotopic (exact) mass is 346 g/mol. The van der Waals surface area contributed by atoms with Gasteiger partial charge in [0, 0.05) is 23.0 Å². The molecule has 0 unspecified atom stereocenters. The van der Waals surface area contributed by atoms with Crippen molar-refractivity contribution < 1.29 is 4.79 Å². The molecule has 106 valence electrons. The van der Waals surface area contributed by atoms with Gasteiger partial charge in [0.15, 0.2) is 0 Å². The molecular formula is C14H20BrClN2O. The number of amides is 1. The van der Waals surface area contributed by atoms with E-state index in [1.54, 1.807) is 0 Å². The Morgan fingerprint density at radius 2 is 2.11 bits per heavy atom. The predicted molar refractivity (Wildman–Crippen MR) is 83.4 cm³/mol. The van der Waals surface area contributed by atoms with Crippen LogP contribution in [-0.4, -0.2) is 18.5 Å². The van der Waals surface area contributed by atoms with Crippen molar-refractivity contribution in [2.75, 3.05) is 6.54 Å². The number of piperidine rings is 1. The van der Waals surface area contributed by atoms with E-state index < -0.39 is 0 Å². The van der Waals surface area contributed by atoms with E-state index in [2.05, 4.69) is 33.5 Å². The zero-order valence-corrected chi connectivity index (χ0v) is 13.4. The summed E-state index contributed by atoms with van der Waals surface area (Å²) in [7, 11) is 0. The molecule has 0 saturated carbocycles. The number of carbonyl (C=O) groups is 1. The maximum absolute atomic E-state index is 12.0. The summed E-state index contributed by atoms with van der Waals surface area (Å²) in [4.78, 5) is 12.0. The van der Waals surface area contributed by atoms with Gasteiger partial charge in [-0.3, -0.25) is 4.79 Å². The molecule has 3 nitrogen and oxygen atoms in total. The van der Waals surface area contributed by atoms with Crippen molar-refractivity contribution in [2.45, 2.75) is 32.4 Å². The lowest BCUT2D eigenvalue weighted by Gasteiger charge is -2.27. The number of benzene rings is 1. The lowest BCUT2D eigenvalue weighted by molar-refractivity contribution is -0.126. The molecule has 1 saturated heterocycles. The lowest BCUT2D eigenvalue weighted by Crippen LogP contribution is -2.42. The second-order valence-electron chi connectivity index (χ2n) is 4.92. The van der Waals surface area contributed by atoms with Crippen LogP contribution in [0.4, 0.5) is 0 Å². The van der Waals surface area contributed by atoms with Crippen LogP contribution in [0, 0.1) is 5.92 Å². The molecule has 1 aliphatic rings. The Morgan fingerprint density at radius 1 is 1.42 bits per heavy atom. The molecule has 5 heteroatoms. The number of nitrogens with one attached hydrogen (secondary N) is 2. The third-order valence-corrected chi connectivity index (χ3v) is 3.90. The van der Waals surface area contributed by atoms with Crippen LogP contribution in [0.3, 0.4) is 0 Å². The zero-order chi connectivity index (χ0) is 13.0. The highest BCUT2D eigenvalue weighted by Crippen LogP contribution is 2.16. The summed E-state index contributed by atoms with van der Waals surface area (Å²) in [5.41, 5.74) is 1.13. The van der Waals surface area contributed by atoms with Crippen molar-refractivity contribution in [3.63, 3.8) is 0 Å². The highest BCUT2D eigenvalue weighted by Gasteiger charge is 2.24. The molecule has 0 aromatic heterocycles. The topological polar surface area (TPSA) is 41.1 Å². The molecule has 0 radical (unpaired) electrons. The smallest absolute Gasteiger partial charge is 0.223 e. The van der Waals surface area contributed by atoms with E-state index in [-0.39, 0.29) is 24.2 Å². The Balaban J connectivity index is 0.00000180. The molecule has 1 aromatic carbocycles. The zero-order valence-electron chi connectivity index (χ0n) is 11.0. The van der Waals surface area contributed by atoms with Crippen LogP contribution < -0.4 is 10.6 Å². The number of hydrogen-bond donors (Lipinski definition) is 2. The molecule has 1 aromatic rings. The number of rotatable bonds is 3. The van der Waals surface area contributed by atoms with Crippen LogP contribution in [0.15, 0.2) is 28.7 Å². The lowest BCUT2D eigenvalue weighted by atomic mass is 9.92. The average Bonchev–Trinajstić information content (AvgIpc) is 2.38. The number of hydrogen-bond acceptors (Lipinski definition) is 2. The van der Waals surface area contributed by atoms with Crippen molar-refractivity contribution in [1.82, 2.24) is 10.6 Å². The standard InChI is InChI=1S/C14H19BrN2O.ClH/c1-10-8-12(6-7-16-10)14(18)17-9-11-2-4-13(15)5-3-11;/h2-5,10,12,16H,6-9H2,1H3,(H,17,18);1H/t10-,12-;/m0./s1. The maximum atomic E-state index is 12.0. The highest BCUT2D eigenvalue weighted by molar-refractivity contribution is 9.10. The first-order chi connectivity index (χ1) is 8.65. The second kappa shape index (κ2) is 7.88. The van der Waals surface area contributed by atoms with Crippen molar-refractivity contribution in [1.29, 1.82) is 0 Å². The summed E-state index contributed by atoms with van der Waals surface area (Å²) in [6.45, 7) is 3.69. The fraction of sp³-hybridized carbons (Fsp3) is 0.500. The molecular weight excluding hydrogens is 328 g/mol. The third-order valence-electron chi connectivity index (χ3n) is 3.37. The van der Waals surface area contributed by atoms with Crippen LogP contribution in [0.2, 0.25) is 0 Å². The first-order valence-corrected chi connectivity index (χ1v) is 7.20.